The zero-order chi connectivity index (χ0) is 26.2. The molecule has 3 N–H and O–H groups in total. The van der Waals surface area contributed by atoms with Crippen molar-refractivity contribution >= 4 is 46.2 Å². The quantitative estimate of drug-likeness (QED) is 0.265. The Labute approximate surface area is 200 Å². The van der Waals surface area contributed by atoms with Crippen molar-refractivity contribution in [2.24, 2.45) is 0 Å². The van der Waals surface area contributed by atoms with E-state index < -0.39 is 29.4 Å². The second-order valence-electron chi connectivity index (χ2n) is 7.84. The lowest BCUT2D eigenvalue weighted by atomic mass is 10.0. The monoisotopic (exact) mass is 501 g/mol. The van der Waals surface area contributed by atoms with Gasteiger partial charge < -0.3 is 19.8 Å². The first kappa shape index (κ1) is 24.4. The highest BCUT2D eigenvalue weighted by molar-refractivity contribution is 6.01. The Kier molecular flexibility index (Phi) is 6.23. The summed E-state index contributed by atoms with van der Waals surface area (Å²) in [7, 11) is 0. The molecule has 0 aliphatic carbocycles. The van der Waals surface area contributed by atoms with Crippen molar-refractivity contribution in [3.8, 4) is 0 Å². The van der Waals surface area contributed by atoms with Crippen LogP contribution in [0.25, 0.3) is 11.1 Å². The first-order valence-electron chi connectivity index (χ1n) is 10.4. The number of carbonyl (C=O) groups excluding carboxylic acids is 2. The zero-order valence-corrected chi connectivity index (χ0v) is 19.0. The molecule has 0 bridgehead atoms. The van der Waals surface area contributed by atoms with E-state index in [1.165, 1.54) is 18.2 Å². The van der Waals surface area contributed by atoms with E-state index in [9.17, 15) is 27.6 Å². The number of nitrogens with zero attached hydrogens (tertiary/aromatic N) is 2. The third-order valence-electron chi connectivity index (χ3n) is 5.29. The fourth-order valence-corrected chi connectivity index (χ4v) is 3.29. The van der Waals surface area contributed by atoms with E-state index in [1.807, 2.05) is 32.9 Å². The lowest BCUT2D eigenvalue weighted by Gasteiger charge is -2.14. The summed E-state index contributed by atoms with van der Waals surface area (Å²) in [6.45, 7) is 5.82. The number of fused-ring (bicyclic) bond motifs is 1. The van der Waals surface area contributed by atoms with Crippen LogP contribution in [0.5, 0.6) is 0 Å². The van der Waals surface area contributed by atoms with Crippen LogP contribution in [0.15, 0.2) is 45.7 Å². The van der Waals surface area contributed by atoms with Crippen molar-refractivity contribution in [3.63, 3.8) is 0 Å². The number of hydrogen-bond acceptors (Lipinski definition) is 9. The molecule has 0 saturated carbocycles. The normalized spacial score (nSPS) is 11.4. The largest absolute Gasteiger partial charge is 0.491 e. The molecule has 2 aromatic carbocycles. The zero-order valence-electron chi connectivity index (χ0n) is 19.0. The Morgan fingerprint density at radius 3 is 2.39 bits per heavy atom. The van der Waals surface area contributed by atoms with Crippen LogP contribution in [0.3, 0.4) is 0 Å². The number of hydrogen-bond donors (Lipinski definition) is 3. The Balaban J connectivity index is 1.71. The van der Waals surface area contributed by atoms with Crippen molar-refractivity contribution in [2.75, 3.05) is 10.6 Å². The van der Waals surface area contributed by atoms with E-state index in [4.69, 9.17) is 4.42 Å². The molecule has 0 fully saturated rings. The molecule has 0 unspecified atom stereocenters. The number of ether oxygens (including phenoxy) is 1. The smallest absolute Gasteiger partial charge is 0.408 e. The van der Waals surface area contributed by atoms with E-state index in [-0.39, 0.29) is 17.3 Å². The molecule has 2 heterocycles. The SMILES string of the molecule is Cc1cc(Nc2ncc(C(=O)OC(=O)C(F)(F)F)c(Nc3ccc4oc(=O)[nH]c4c3)n2)cc(C)c1C. The van der Waals surface area contributed by atoms with Gasteiger partial charge in [0.1, 0.15) is 5.56 Å². The molecule has 0 atom stereocenters. The summed E-state index contributed by atoms with van der Waals surface area (Å²) in [6, 6.07) is 8.10. The number of esters is 2. The highest BCUT2D eigenvalue weighted by Gasteiger charge is 2.43. The van der Waals surface area contributed by atoms with Gasteiger partial charge >= 0.3 is 23.9 Å². The maximum absolute atomic E-state index is 12.6. The number of nitrogens with one attached hydrogen (secondary N) is 3. The number of halogens is 3. The van der Waals surface area contributed by atoms with E-state index >= 15 is 0 Å². The van der Waals surface area contributed by atoms with Gasteiger partial charge in [-0.2, -0.15) is 18.2 Å². The second kappa shape index (κ2) is 9.17. The van der Waals surface area contributed by atoms with Crippen molar-refractivity contribution in [2.45, 2.75) is 26.9 Å². The third kappa shape index (κ3) is 5.19. The second-order valence-corrected chi connectivity index (χ2v) is 7.84. The molecular formula is C23H18F3N5O5. The molecule has 4 rings (SSSR count). The van der Waals surface area contributed by atoms with Crippen LogP contribution in [-0.4, -0.2) is 33.1 Å². The van der Waals surface area contributed by atoms with Crippen LogP contribution >= 0.6 is 0 Å². The number of alkyl halides is 3. The molecule has 0 amide bonds. The first-order valence-corrected chi connectivity index (χ1v) is 10.4. The summed E-state index contributed by atoms with van der Waals surface area (Å²) in [4.78, 5) is 45.6. The number of anilines is 4. The highest BCUT2D eigenvalue weighted by Crippen LogP contribution is 2.26. The van der Waals surface area contributed by atoms with E-state index in [2.05, 4.69) is 30.3 Å². The average molecular weight is 501 g/mol. The molecule has 36 heavy (non-hydrogen) atoms. The Morgan fingerprint density at radius 2 is 1.72 bits per heavy atom. The molecule has 4 aromatic rings. The highest BCUT2D eigenvalue weighted by atomic mass is 19.4. The lowest BCUT2D eigenvalue weighted by molar-refractivity contribution is -0.193. The van der Waals surface area contributed by atoms with Crippen LogP contribution in [0, 0.1) is 20.8 Å². The Morgan fingerprint density at radius 1 is 1.03 bits per heavy atom. The minimum absolute atomic E-state index is 0.0108. The minimum atomic E-state index is -5.37. The van der Waals surface area contributed by atoms with E-state index in [0.29, 0.717) is 16.9 Å². The topological polar surface area (TPSA) is 139 Å². The van der Waals surface area contributed by atoms with E-state index in [1.54, 1.807) is 0 Å². The number of aryl methyl sites for hydroxylation is 2. The van der Waals surface area contributed by atoms with Crippen molar-refractivity contribution in [1.29, 1.82) is 0 Å². The van der Waals surface area contributed by atoms with Gasteiger partial charge in [-0.25, -0.2) is 19.4 Å². The van der Waals surface area contributed by atoms with Gasteiger partial charge in [0.05, 0.1) is 5.52 Å². The van der Waals surface area contributed by atoms with Gasteiger partial charge in [0.25, 0.3) is 0 Å². The molecule has 0 spiro atoms. The van der Waals surface area contributed by atoms with Gasteiger partial charge in [-0.1, -0.05) is 0 Å². The summed E-state index contributed by atoms with van der Waals surface area (Å²) in [5, 5.41) is 5.76. The van der Waals surface area contributed by atoms with Crippen LogP contribution < -0.4 is 16.4 Å². The maximum atomic E-state index is 12.6. The van der Waals surface area contributed by atoms with Crippen LogP contribution in [0.4, 0.5) is 36.3 Å². The average Bonchev–Trinajstić information content (AvgIpc) is 3.16. The fraction of sp³-hybridized carbons (Fsp3) is 0.174. The summed E-state index contributed by atoms with van der Waals surface area (Å²) in [5.41, 5.74) is 4.09. The van der Waals surface area contributed by atoms with Gasteiger partial charge in [-0.15, -0.1) is 0 Å². The van der Waals surface area contributed by atoms with Crippen LogP contribution in [0.1, 0.15) is 27.0 Å². The fourth-order valence-electron chi connectivity index (χ4n) is 3.29. The number of benzene rings is 2. The molecule has 2 aromatic heterocycles. The number of oxazole rings is 1. The maximum Gasteiger partial charge on any atom is 0.491 e. The molecule has 0 aliphatic heterocycles. The standard InChI is InChI=1S/C23H18F3N5O5/c1-10-6-14(7-11(2)12(10)3)29-21-27-9-15(19(32)36-20(33)23(24,25)26)18(31-21)28-13-4-5-17-16(8-13)30-22(34)35-17/h4-9H,1-3H3,(H,30,34)(H2,27,28,29,31). The Hall–Kier alpha value is -4.68. The summed E-state index contributed by atoms with van der Waals surface area (Å²) < 4.78 is 46.7. The summed E-state index contributed by atoms with van der Waals surface area (Å²) in [5.74, 6) is -5.21. The minimum Gasteiger partial charge on any atom is -0.408 e. The molecule has 10 nitrogen and oxygen atoms in total. The molecule has 186 valence electrons. The van der Waals surface area contributed by atoms with Crippen molar-refractivity contribution in [3.05, 3.63) is 69.3 Å². The van der Waals surface area contributed by atoms with Gasteiger partial charge in [0, 0.05) is 17.6 Å². The predicted octanol–water partition coefficient (Wildman–Crippen LogP) is 4.57. The van der Waals surface area contributed by atoms with Crippen molar-refractivity contribution in [1.82, 2.24) is 15.0 Å². The molecule has 0 saturated heterocycles. The van der Waals surface area contributed by atoms with Crippen LogP contribution in [0.2, 0.25) is 0 Å². The first-order chi connectivity index (χ1) is 16.9. The lowest BCUT2D eigenvalue weighted by Crippen LogP contribution is -2.28. The molecule has 0 aliphatic rings. The van der Waals surface area contributed by atoms with Crippen molar-refractivity contribution < 1.29 is 31.9 Å². The predicted molar refractivity (Wildman–Crippen MR) is 123 cm³/mol. The number of H-pyrrole nitrogens is 1. The van der Waals surface area contributed by atoms with Gasteiger partial charge in [0.2, 0.25) is 5.95 Å². The number of carbonyl (C=O) groups is 2. The Bertz CT molecular complexity index is 1540. The summed E-state index contributed by atoms with van der Waals surface area (Å²) in [6.07, 6.45) is -4.44. The van der Waals surface area contributed by atoms with Gasteiger partial charge in [-0.3, -0.25) is 4.98 Å². The van der Waals surface area contributed by atoms with Gasteiger partial charge in [-0.05, 0) is 67.8 Å². The third-order valence-corrected chi connectivity index (χ3v) is 5.29. The number of aromatic nitrogens is 3. The number of aromatic amines is 1. The van der Waals surface area contributed by atoms with Gasteiger partial charge in [0.15, 0.2) is 11.4 Å². The molecular weight excluding hydrogens is 483 g/mol. The van der Waals surface area contributed by atoms with Crippen LogP contribution in [-0.2, 0) is 9.53 Å². The molecule has 0 radical (unpaired) electrons. The number of rotatable bonds is 5. The summed E-state index contributed by atoms with van der Waals surface area (Å²) >= 11 is 0. The van der Waals surface area contributed by atoms with E-state index in [0.717, 1.165) is 22.9 Å². The molecule has 13 heteroatoms.